The van der Waals surface area contributed by atoms with Gasteiger partial charge in [-0.25, -0.2) is 18.6 Å². The molecular formula is C20H13ClFN7O. The molecule has 0 saturated carbocycles. The zero-order chi connectivity index (χ0) is 20.7. The van der Waals surface area contributed by atoms with E-state index < -0.39 is 5.82 Å². The number of hydrogen-bond acceptors (Lipinski definition) is 6. The van der Waals surface area contributed by atoms with Crippen molar-refractivity contribution in [2.75, 3.05) is 0 Å². The first-order chi connectivity index (χ1) is 14.6. The minimum absolute atomic E-state index is 0.191. The summed E-state index contributed by atoms with van der Waals surface area (Å²) < 4.78 is 16.9. The largest absolute Gasteiger partial charge is 0.492 e. The van der Waals surface area contributed by atoms with Crippen LogP contribution in [-0.2, 0) is 6.42 Å². The summed E-state index contributed by atoms with van der Waals surface area (Å²) in [4.78, 5) is 8.52. The molecule has 30 heavy (non-hydrogen) atoms. The first-order valence-electron chi connectivity index (χ1n) is 8.94. The third-order valence-electron chi connectivity index (χ3n) is 4.58. The standard InChI is InChI=1S/C20H13ClFN7O/c21-13-7-5-12(6-8-13)18-19-20(30)23-11-24-29(19)17(25-18)9-14-10-28(27-26-14)16-4-2-1-3-15(16)22/h1-8,10-11H,9H2,(H,23,24,30). The van der Waals surface area contributed by atoms with E-state index in [2.05, 4.69) is 25.4 Å². The number of aromatic nitrogens is 7. The highest BCUT2D eigenvalue weighted by Gasteiger charge is 2.19. The third-order valence-corrected chi connectivity index (χ3v) is 4.83. The van der Waals surface area contributed by atoms with E-state index >= 15 is 0 Å². The van der Waals surface area contributed by atoms with Crippen molar-refractivity contribution in [1.29, 1.82) is 0 Å². The van der Waals surface area contributed by atoms with E-state index in [-0.39, 0.29) is 12.3 Å². The number of benzene rings is 2. The van der Waals surface area contributed by atoms with Gasteiger partial charge in [0.25, 0.3) is 0 Å². The molecule has 0 aliphatic carbocycles. The highest BCUT2D eigenvalue weighted by atomic mass is 35.5. The monoisotopic (exact) mass is 421 g/mol. The Labute approximate surface area is 174 Å². The second-order valence-corrected chi connectivity index (χ2v) is 6.95. The summed E-state index contributed by atoms with van der Waals surface area (Å²) in [5, 5.41) is 23.3. The summed E-state index contributed by atoms with van der Waals surface area (Å²) in [6, 6.07) is 13.4. The third kappa shape index (κ3) is 3.15. The van der Waals surface area contributed by atoms with Crippen LogP contribution in [-0.4, -0.2) is 39.7 Å². The van der Waals surface area contributed by atoms with Gasteiger partial charge < -0.3 is 5.11 Å². The van der Waals surface area contributed by atoms with Crippen molar-refractivity contribution in [1.82, 2.24) is 34.6 Å². The van der Waals surface area contributed by atoms with Gasteiger partial charge in [-0.15, -0.1) is 5.10 Å². The molecule has 8 nitrogen and oxygen atoms in total. The van der Waals surface area contributed by atoms with Gasteiger partial charge in [-0.3, -0.25) is 0 Å². The lowest BCUT2D eigenvalue weighted by Crippen LogP contribution is -2.01. The topological polar surface area (TPSA) is 94.0 Å². The molecule has 0 amide bonds. The Kier molecular flexibility index (Phi) is 4.36. The fourth-order valence-corrected chi connectivity index (χ4v) is 3.32. The van der Waals surface area contributed by atoms with Crippen LogP contribution in [0.25, 0.3) is 22.5 Å². The van der Waals surface area contributed by atoms with Crippen LogP contribution in [0, 0.1) is 5.82 Å². The molecule has 0 atom stereocenters. The second kappa shape index (κ2) is 7.20. The van der Waals surface area contributed by atoms with Gasteiger partial charge in [-0.1, -0.05) is 41.1 Å². The number of nitrogens with zero attached hydrogens (tertiary/aromatic N) is 7. The number of imidazole rings is 1. The van der Waals surface area contributed by atoms with Gasteiger partial charge in [0.2, 0.25) is 5.88 Å². The van der Waals surface area contributed by atoms with Crippen molar-refractivity contribution in [3.05, 3.63) is 83.4 Å². The second-order valence-electron chi connectivity index (χ2n) is 6.51. The lowest BCUT2D eigenvalue weighted by molar-refractivity contribution is 0.453. The zero-order valence-electron chi connectivity index (χ0n) is 15.3. The van der Waals surface area contributed by atoms with Crippen LogP contribution in [0.2, 0.25) is 5.02 Å². The molecule has 0 saturated heterocycles. The van der Waals surface area contributed by atoms with Gasteiger partial charge in [-0.05, 0) is 24.3 Å². The van der Waals surface area contributed by atoms with E-state index in [9.17, 15) is 9.50 Å². The number of para-hydroxylation sites is 1. The van der Waals surface area contributed by atoms with Gasteiger partial charge in [0.15, 0.2) is 5.52 Å². The maximum Gasteiger partial charge on any atom is 0.241 e. The molecule has 0 aliphatic rings. The number of aromatic hydroxyl groups is 1. The van der Waals surface area contributed by atoms with E-state index in [1.54, 1.807) is 48.7 Å². The Balaban J connectivity index is 1.57. The molecule has 2 aromatic carbocycles. The molecule has 0 spiro atoms. The normalized spacial score (nSPS) is 11.3. The SMILES string of the molecule is Oc1ncnn2c(Cc3cn(-c4ccccc4F)nn3)nc(-c3ccc(Cl)cc3)c12. The summed E-state index contributed by atoms with van der Waals surface area (Å²) in [5.41, 5.74) is 2.50. The predicted octanol–water partition coefficient (Wildman–Crippen LogP) is 3.46. The summed E-state index contributed by atoms with van der Waals surface area (Å²) in [7, 11) is 0. The fraction of sp³-hybridized carbons (Fsp3) is 0.0500. The average molecular weight is 422 g/mol. The quantitative estimate of drug-likeness (QED) is 0.477. The molecule has 3 heterocycles. The van der Waals surface area contributed by atoms with Crippen molar-refractivity contribution in [3.63, 3.8) is 0 Å². The van der Waals surface area contributed by atoms with Gasteiger partial charge in [0.1, 0.15) is 29.4 Å². The summed E-state index contributed by atoms with van der Waals surface area (Å²) in [5.74, 6) is -0.0696. The van der Waals surface area contributed by atoms with Crippen LogP contribution in [0.3, 0.4) is 0 Å². The molecule has 148 valence electrons. The van der Waals surface area contributed by atoms with E-state index in [1.165, 1.54) is 21.6 Å². The Morgan fingerprint density at radius 2 is 1.87 bits per heavy atom. The number of halogens is 2. The molecule has 0 aliphatic heterocycles. The van der Waals surface area contributed by atoms with Gasteiger partial charge >= 0.3 is 0 Å². The van der Waals surface area contributed by atoms with Crippen molar-refractivity contribution < 1.29 is 9.50 Å². The van der Waals surface area contributed by atoms with Crippen LogP contribution in [0.5, 0.6) is 5.88 Å². The molecule has 0 fully saturated rings. The molecular weight excluding hydrogens is 409 g/mol. The maximum atomic E-state index is 14.0. The van der Waals surface area contributed by atoms with Crippen LogP contribution < -0.4 is 0 Å². The van der Waals surface area contributed by atoms with E-state index in [0.29, 0.717) is 33.4 Å². The first kappa shape index (κ1) is 18.2. The Morgan fingerprint density at radius 3 is 2.67 bits per heavy atom. The van der Waals surface area contributed by atoms with Crippen molar-refractivity contribution in [2.45, 2.75) is 6.42 Å². The molecule has 5 rings (SSSR count). The molecule has 0 unspecified atom stereocenters. The number of rotatable bonds is 4. The van der Waals surface area contributed by atoms with E-state index in [1.807, 2.05) is 0 Å². The molecule has 10 heteroatoms. The van der Waals surface area contributed by atoms with E-state index in [4.69, 9.17) is 11.6 Å². The predicted molar refractivity (Wildman–Crippen MR) is 107 cm³/mol. The van der Waals surface area contributed by atoms with Gasteiger partial charge in [0, 0.05) is 10.6 Å². The minimum Gasteiger partial charge on any atom is -0.492 e. The number of fused-ring (bicyclic) bond motifs is 1. The molecule has 5 aromatic rings. The minimum atomic E-state index is -0.400. The lowest BCUT2D eigenvalue weighted by Gasteiger charge is -2.00. The highest BCUT2D eigenvalue weighted by molar-refractivity contribution is 6.30. The van der Waals surface area contributed by atoms with Crippen molar-refractivity contribution in [2.24, 2.45) is 0 Å². The summed E-state index contributed by atoms with van der Waals surface area (Å²) in [6.45, 7) is 0. The average Bonchev–Trinajstić information content (AvgIpc) is 3.35. The van der Waals surface area contributed by atoms with Gasteiger partial charge in [0.05, 0.1) is 18.3 Å². The van der Waals surface area contributed by atoms with Crippen LogP contribution in [0.4, 0.5) is 4.39 Å². The molecule has 0 bridgehead atoms. The summed E-state index contributed by atoms with van der Waals surface area (Å²) in [6.07, 6.45) is 3.14. The van der Waals surface area contributed by atoms with Crippen LogP contribution >= 0.6 is 11.6 Å². The first-order valence-corrected chi connectivity index (χ1v) is 9.31. The number of hydrogen-bond donors (Lipinski definition) is 1. The summed E-state index contributed by atoms with van der Waals surface area (Å²) >= 11 is 5.98. The van der Waals surface area contributed by atoms with Crippen LogP contribution in [0.15, 0.2) is 61.1 Å². The van der Waals surface area contributed by atoms with E-state index in [0.717, 1.165) is 5.56 Å². The van der Waals surface area contributed by atoms with Crippen LogP contribution in [0.1, 0.15) is 11.5 Å². The molecule has 1 N–H and O–H groups in total. The highest BCUT2D eigenvalue weighted by Crippen LogP contribution is 2.30. The molecule has 3 aromatic heterocycles. The smallest absolute Gasteiger partial charge is 0.241 e. The zero-order valence-corrected chi connectivity index (χ0v) is 16.1. The van der Waals surface area contributed by atoms with Gasteiger partial charge in [-0.2, -0.15) is 10.1 Å². The fourth-order valence-electron chi connectivity index (χ4n) is 3.20. The Bertz CT molecular complexity index is 1360. The van der Waals surface area contributed by atoms with Crippen molar-refractivity contribution >= 4 is 17.1 Å². The Morgan fingerprint density at radius 1 is 1.07 bits per heavy atom. The lowest BCUT2D eigenvalue weighted by atomic mass is 10.1. The Hall–Kier alpha value is -3.85. The maximum absolute atomic E-state index is 14.0. The van der Waals surface area contributed by atoms with Crippen molar-refractivity contribution in [3.8, 4) is 22.8 Å². The molecule has 0 radical (unpaired) electrons.